The number of rotatable bonds is 4. The third-order valence-electron chi connectivity index (χ3n) is 2.58. The molecule has 0 spiro atoms. The molecule has 18 heavy (non-hydrogen) atoms. The van der Waals surface area contributed by atoms with Gasteiger partial charge in [0.15, 0.2) is 0 Å². The van der Waals surface area contributed by atoms with Gasteiger partial charge >= 0.3 is 0 Å². The van der Waals surface area contributed by atoms with Crippen molar-refractivity contribution in [3.8, 4) is 5.75 Å². The van der Waals surface area contributed by atoms with Crippen LogP contribution in [-0.2, 0) is 6.54 Å². The van der Waals surface area contributed by atoms with E-state index in [0.29, 0.717) is 0 Å². The van der Waals surface area contributed by atoms with Gasteiger partial charge in [0.1, 0.15) is 5.75 Å². The van der Waals surface area contributed by atoms with E-state index in [2.05, 4.69) is 68.1 Å². The first-order valence-electron chi connectivity index (χ1n) is 5.51. The standard InChI is InChI=1S/C14H13BrINO/c1-18-13-6-7-14(15)10(8-13)9-17-12-4-2-11(16)3-5-12/h2-8,17H,9H2,1H3. The Kier molecular flexibility index (Phi) is 4.88. The molecule has 0 unspecified atom stereocenters. The van der Waals surface area contributed by atoms with E-state index in [1.165, 1.54) is 9.13 Å². The highest BCUT2D eigenvalue weighted by atomic mass is 127. The van der Waals surface area contributed by atoms with E-state index in [0.717, 1.165) is 22.5 Å². The van der Waals surface area contributed by atoms with Crippen molar-refractivity contribution in [2.24, 2.45) is 0 Å². The molecule has 0 saturated carbocycles. The molecule has 0 radical (unpaired) electrons. The molecule has 0 fully saturated rings. The average Bonchev–Trinajstić information content (AvgIpc) is 2.40. The predicted octanol–water partition coefficient (Wildman–Crippen LogP) is 4.67. The van der Waals surface area contributed by atoms with E-state index in [9.17, 15) is 0 Å². The summed E-state index contributed by atoms with van der Waals surface area (Å²) >= 11 is 5.85. The van der Waals surface area contributed by atoms with Gasteiger partial charge in [-0.25, -0.2) is 0 Å². The van der Waals surface area contributed by atoms with Crippen molar-refractivity contribution in [2.75, 3.05) is 12.4 Å². The Balaban J connectivity index is 2.07. The summed E-state index contributed by atoms with van der Waals surface area (Å²) in [6.45, 7) is 0.762. The summed E-state index contributed by atoms with van der Waals surface area (Å²) in [6, 6.07) is 14.3. The van der Waals surface area contributed by atoms with Crippen molar-refractivity contribution in [3.05, 3.63) is 56.1 Å². The third-order valence-corrected chi connectivity index (χ3v) is 4.07. The van der Waals surface area contributed by atoms with E-state index >= 15 is 0 Å². The summed E-state index contributed by atoms with van der Waals surface area (Å²) in [4.78, 5) is 0. The van der Waals surface area contributed by atoms with E-state index in [-0.39, 0.29) is 0 Å². The van der Waals surface area contributed by atoms with Gasteiger partial charge in [-0.15, -0.1) is 0 Å². The molecule has 0 heterocycles. The number of halogens is 2. The molecule has 94 valence electrons. The minimum Gasteiger partial charge on any atom is -0.497 e. The molecule has 2 rings (SSSR count). The van der Waals surface area contributed by atoms with Gasteiger partial charge in [-0.05, 0) is 70.6 Å². The SMILES string of the molecule is COc1ccc(Br)c(CNc2ccc(I)cc2)c1. The highest BCUT2D eigenvalue weighted by Gasteiger charge is 2.02. The molecular weight excluding hydrogens is 405 g/mol. The van der Waals surface area contributed by atoms with Crippen LogP contribution in [0.3, 0.4) is 0 Å². The van der Waals surface area contributed by atoms with Crippen molar-refractivity contribution in [3.63, 3.8) is 0 Å². The second-order valence-electron chi connectivity index (χ2n) is 3.82. The monoisotopic (exact) mass is 417 g/mol. The molecule has 1 N–H and O–H groups in total. The van der Waals surface area contributed by atoms with E-state index in [1.807, 2.05) is 18.2 Å². The third kappa shape index (κ3) is 3.62. The fraction of sp³-hybridized carbons (Fsp3) is 0.143. The molecule has 0 aliphatic heterocycles. The lowest BCUT2D eigenvalue weighted by molar-refractivity contribution is 0.414. The Morgan fingerprint density at radius 2 is 1.89 bits per heavy atom. The number of hydrogen-bond donors (Lipinski definition) is 1. The lowest BCUT2D eigenvalue weighted by Crippen LogP contribution is -2.00. The number of nitrogens with one attached hydrogen (secondary N) is 1. The van der Waals surface area contributed by atoms with Crippen LogP contribution in [0.2, 0.25) is 0 Å². The van der Waals surface area contributed by atoms with Gasteiger partial charge in [0.2, 0.25) is 0 Å². The summed E-state index contributed by atoms with van der Waals surface area (Å²) in [5.74, 6) is 0.873. The summed E-state index contributed by atoms with van der Waals surface area (Å²) in [5, 5.41) is 3.39. The topological polar surface area (TPSA) is 21.3 Å². The molecule has 4 heteroatoms. The van der Waals surface area contributed by atoms with Gasteiger partial charge in [0.05, 0.1) is 7.11 Å². The molecule has 0 aromatic heterocycles. The van der Waals surface area contributed by atoms with Crippen molar-refractivity contribution in [1.82, 2.24) is 0 Å². The maximum atomic E-state index is 5.23. The molecule has 0 bridgehead atoms. The number of benzene rings is 2. The average molecular weight is 418 g/mol. The van der Waals surface area contributed by atoms with Crippen LogP contribution in [0.5, 0.6) is 5.75 Å². The minimum atomic E-state index is 0.762. The summed E-state index contributed by atoms with van der Waals surface area (Å²) in [7, 11) is 1.68. The molecule has 0 atom stereocenters. The van der Waals surface area contributed by atoms with Crippen molar-refractivity contribution >= 4 is 44.2 Å². The van der Waals surface area contributed by atoms with Gasteiger partial charge in [-0.1, -0.05) is 15.9 Å². The van der Waals surface area contributed by atoms with Gasteiger partial charge in [0, 0.05) is 20.3 Å². The van der Waals surface area contributed by atoms with Crippen LogP contribution in [0, 0.1) is 3.57 Å². The maximum absolute atomic E-state index is 5.23. The van der Waals surface area contributed by atoms with E-state index in [1.54, 1.807) is 7.11 Å². The molecule has 2 nitrogen and oxygen atoms in total. The maximum Gasteiger partial charge on any atom is 0.119 e. The Labute approximate surface area is 129 Å². The van der Waals surface area contributed by atoms with Gasteiger partial charge in [-0.2, -0.15) is 0 Å². The lowest BCUT2D eigenvalue weighted by Gasteiger charge is -2.10. The zero-order valence-electron chi connectivity index (χ0n) is 9.91. The van der Waals surface area contributed by atoms with Crippen LogP contribution < -0.4 is 10.1 Å². The molecule has 0 saturated heterocycles. The lowest BCUT2D eigenvalue weighted by atomic mass is 10.2. The summed E-state index contributed by atoms with van der Waals surface area (Å²) in [5.41, 5.74) is 2.29. The van der Waals surface area contributed by atoms with Crippen LogP contribution in [0.1, 0.15) is 5.56 Å². The van der Waals surface area contributed by atoms with Crippen molar-refractivity contribution in [2.45, 2.75) is 6.54 Å². The smallest absolute Gasteiger partial charge is 0.119 e. The van der Waals surface area contributed by atoms with Gasteiger partial charge in [0.25, 0.3) is 0 Å². The normalized spacial score (nSPS) is 10.2. The van der Waals surface area contributed by atoms with Crippen molar-refractivity contribution in [1.29, 1.82) is 0 Å². The van der Waals surface area contributed by atoms with Crippen LogP contribution >= 0.6 is 38.5 Å². The Bertz CT molecular complexity index is 528. The number of anilines is 1. The fourth-order valence-corrected chi connectivity index (χ4v) is 2.32. The zero-order valence-corrected chi connectivity index (χ0v) is 13.7. The highest BCUT2D eigenvalue weighted by Crippen LogP contribution is 2.23. The Morgan fingerprint density at radius 1 is 1.17 bits per heavy atom. The minimum absolute atomic E-state index is 0.762. The number of methoxy groups -OCH3 is 1. The van der Waals surface area contributed by atoms with Crippen LogP contribution in [-0.4, -0.2) is 7.11 Å². The van der Waals surface area contributed by atoms with E-state index in [4.69, 9.17) is 4.74 Å². The quantitative estimate of drug-likeness (QED) is 0.729. The first kappa shape index (κ1) is 13.7. The molecule has 0 aliphatic carbocycles. The molecule has 2 aromatic rings. The second-order valence-corrected chi connectivity index (χ2v) is 5.92. The largest absolute Gasteiger partial charge is 0.497 e. The highest BCUT2D eigenvalue weighted by molar-refractivity contribution is 14.1. The van der Waals surface area contributed by atoms with Gasteiger partial charge in [-0.3, -0.25) is 0 Å². The van der Waals surface area contributed by atoms with Crippen LogP contribution in [0.4, 0.5) is 5.69 Å². The predicted molar refractivity (Wildman–Crippen MR) is 87.2 cm³/mol. The Hall–Kier alpha value is -0.750. The Morgan fingerprint density at radius 3 is 2.56 bits per heavy atom. The van der Waals surface area contributed by atoms with Crippen LogP contribution in [0.25, 0.3) is 0 Å². The van der Waals surface area contributed by atoms with Crippen molar-refractivity contribution < 1.29 is 4.74 Å². The zero-order chi connectivity index (χ0) is 13.0. The summed E-state index contributed by atoms with van der Waals surface area (Å²) < 4.78 is 7.55. The molecule has 0 aliphatic rings. The molecular formula is C14H13BrINO. The first-order valence-corrected chi connectivity index (χ1v) is 7.38. The van der Waals surface area contributed by atoms with E-state index < -0.39 is 0 Å². The molecule has 0 amide bonds. The number of ether oxygens (including phenoxy) is 1. The fourth-order valence-electron chi connectivity index (χ4n) is 1.58. The molecule has 2 aromatic carbocycles. The first-order chi connectivity index (χ1) is 8.69. The second kappa shape index (κ2) is 6.43. The summed E-state index contributed by atoms with van der Waals surface area (Å²) in [6.07, 6.45) is 0. The number of hydrogen-bond acceptors (Lipinski definition) is 2. The van der Waals surface area contributed by atoms with Crippen LogP contribution in [0.15, 0.2) is 46.9 Å². The van der Waals surface area contributed by atoms with Gasteiger partial charge < -0.3 is 10.1 Å².